The zero-order chi connectivity index (χ0) is 20.1. The van der Waals surface area contributed by atoms with Gasteiger partial charge in [0.25, 0.3) is 0 Å². The Morgan fingerprint density at radius 3 is 1.89 bits per heavy atom. The van der Waals surface area contributed by atoms with Gasteiger partial charge in [0.05, 0.1) is 5.54 Å². The number of anilines is 1. The SMILES string of the molecule is C=C/C=C(\C=C/C)N(c1ccccc1)C(C)(C)c1ccc(C(C)(C)C)cc1. The second-order valence-electron chi connectivity index (χ2n) is 8.38. The molecule has 0 saturated heterocycles. The van der Waals surface area contributed by atoms with Crippen molar-refractivity contribution in [2.45, 2.75) is 52.5 Å². The Morgan fingerprint density at radius 2 is 1.41 bits per heavy atom. The lowest BCUT2D eigenvalue weighted by Crippen LogP contribution is -2.40. The van der Waals surface area contributed by atoms with Crippen LogP contribution >= 0.6 is 0 Å². The molecule has 2 aromatic carbocycles. The third-order valence-electron chi connectivity index (χ3n) is 4.92. The summed E-state index contributed by atoms with van der Waals surface area (Å²) in [6, 6.07) is 19.6. The van der Waals surface area contributed by atoms with Crippen LogP contribution in [0.4, 0.5) is 5.69 Å². The summed E-state index contributed by atoms with van der Waals surface area (Å²) in [5, 5.41) is 0. The number of para-hydroxylation sites is 1. The lowest BCUT2D eigenvalue weighted by Gasteiger charge is -2.42. The minimum atomic E-state index is -0.230. The van der Waals surface area contributed by atoms with E-state index in [9.17, 15) is 0 Å². The Bertz CT molecular complexity index is 800. The largest absolute Gasteiger partial charge is 0.332 e. The number of hydrogen-bond acceptors (Lipinski definition) is 1. The average molecular weight is 360 g/mol. The van der Waals surface area contributed by atoms with E-state index in [1.54, 1.807) is 0 Å². The van der Waals surface area contributed by atoms with Crippen molar-refractivity contribution in [2.75, 3.05) is 4.90 Å². The van der Waals surface area contributed by atoms with Crippen LogP contribution in [0, 0.1) is 0 Å². The second kappa shape index (κ2) is 8.43. The molecule has 2 aromatic rings. The average Bonchev–Trinajstić information content (AvgIpc) is 2.62. The molecule has 1 nitrogen and oxygen atoms in total. The topological polar surface area (TPSA) is 3.24 Å². The summed E-state index contributed by atoms with van der Waals surface area (Å²) >= 11 is 0. The van der Waals surface area contributed by atoms with Gasteiger partial charge in [0, 0.05) is 11.4 Å². The molecule has 1 heteroatoms. The molecule has 0 saturated carbocycles. The highest BCUT2D eigenvalue weighted by Gasteiger charge is 2.31. The van der Waals surface area contributed by atoms with Gasteiger partial charge in [-0.3, -0.25) is 0 Å². The number of nitrogens with zero attached hydrogens (tertiary/aromatic N) is 1. The highest BCUT2D eigenvalue weighted by atomic mass is 15.2. The van der Waals surface area contributed by atoms with Crippen LogP contribution in [0.3, 0.4) is 0 Å². The Balaban J connectivity index is 2.59. The van der Waals surface area contributed by atoms with Crippen molar-refractivity contribution in [1.82, 2.24) is 0 Å². The highest BCUT2D eigenvalue weighted by molar-refractivity contribution is 5.59. The van der Waals surface area contributed by atoms with Crippen molar-refractivity contribution in [3.63, 3.8) is 0 Å². The first-order valence-electron chi connectivity index (χ1n) is 9.63. The molecule has 0 fully saturated rings. The molecule has 0 heterocycles. The minimum absolute atomic E-state index is 0.153. The standard InChI is InChI=1S/C26H33N/c1-8-13-23(14-9-2)27(24-15-11-10-12-16-24)26(6,7)22-19-17-21(18-20-22)25(3,4)5/h8-20H,1H2,2-7H3/b14-9-,23-13+. The van der Waals surface area contributed by atoms with E-state index in [-0.39, 0.29) is 11.0 Å². The summed E-state index contributed by atoms with van der Waals surface area (Å²) in [7, 11) is 0. The maximum Gasteiger partial charge on any atom is 0.0646 e. The van der Waals surface area contributed by atoms with E-state index in [1.807, 2.05) is 13.0 Å². The molecule has 0 amide bonds. The van der Waals surface area contributed by atoms with Gasteiger partial charge in [-0.1, -0.05) is 82.0 Å². The van der Waals surface area contributed by atoms with Crippen molar-refractivity contribution < 1.29 is 0 Å². The van der Waals surface area contributed by atoms with Crippen LogP contribution in [0.1, 0.15) is 52.7 Å². The fourth-order valence-corrected chi connectivity index (χ4v) is 3.37. The first-order valence-corrected chi connectivity index (χ1v) is 9.63. The van der Waals surface area contributed by atoms with Crippen molar-refractivity contribution in [1.29, 1.82) is 0 Å². The number of allylic oxidation sites excluding steroid dienone is 4. The predicted molar refractivity (Wildman–Crippen MR) is 120 cm³/mol. The first kappa shape index (κ1) is 20.8. The van der Waals surface area contributed by atoms with Gasteiger partial charge in [-0.15, -0.1) is 0 Å². The zero-order valence-electron chi connectivity index (χ0n) is 17.7. The summed E-state index contributed by atoms with van der Waals surface area (Å²) < 4.78 is 0. The lowest BCUT2D eigenvalue weighted by atomic mass is 9.84. The zero-order valence-corrected chi connectivity index (χ0v) is 17.7. The van der Waals surface area contributed by atoms with Crippen LogP contribution in [-0.4, -0.2) is 0 Å². The number of benzene rings is 2. The Labute approximate surface area is 165 Å². The Kier molecular flexibility index (Phi) is 6.49. The molecular weight excluding hydrogens is 326 g/mol. The van der Waals surface area contributed by atoms with Crippen molar-refractivity contribution >= 4 is 5.69 Å². The summed E-state index contributed by atoms with van der Waals surface area (Å²) in [5.41, 5.74) is 4.83. The molecule has 0 unspecified atom stereocenters. The molecule has 0 bridgehead atoms. The molecule has 0 aromatic heterocycles. The van der Waals surface area contributed by atoms with Gasteiger partial charge >= 0.3 is 0 Å². The fraction of sp³-hybridized carbons (Fsp3) is 0.308. The Hall–Kier alpha value is -2.54. The summed E-state index contributed by atoms with van der Waals surface area (Å²) in [4.78, 5) is 2.38. The molecule has 0 aliphatic carbocycles. The molecule has 0 atom stereocenters. The van der Waals surface area contributed by atoms with Crippen molar-refractivity contribution in [3.05, 3.63) is 102 Å². The molecular formula is C26H33N. The molecule has 0 N–H and O–H groups in total. The lowest BCUT2D eigenvalue weighted by molar-refractivity contribution is 0.520. The fourth-order valence-electron chi connectivity index (χ4n) is 3.37. The first-order chi connectivity index (χ1) is 12.7. The van der Waals surface area contributed by atoms with Gasteiger partial charge in [-0.25, -0.2) is 0 Å². The van der Waals surface area contributed by atoms with Crippen LogP contribution in [-0.2, 0) is 11.0 Å². The maximum absolute atomic E-state index is 3.92. The summed E-state index contributed by atoms with van der Waals surface area (Å²) in [6.45, 7) is 17.3. The normalized spacial score (nSPS) is 13.0. The highest BCUT2D eigenvalue weighted by Crippen LogP contribution is 2.37. The van der Waals surface area contributed by atoms with Gasteiger partial charge in [-0.2, -0.15) is 0 Å². The maximum atomic E-state index is 3.92. The minimum Gasteiger partial charge on any atom is -0.332 e. The third kappa shape index (κ3) is 4.80. The van der Waals surface area contributed by atoms with E-state index < -0.39 is 0 Å². The van der Waals surface area contributed by atoms with E-state index in [1.165, 1.54) is 11.1 Å². The van der Waals surface area contributed by atoms with Gasteiger partial charge in [-0.05, 0) is 61.6 Å². The molecule has 142 valence electrons. The van der Waals surface area contributed by atoms with E-state index in [0.29, 0.717) is 0 Å². The molecule has 0 radical (unpaired) electrons. The monoisotopic (exact) mass is 359 g/mol. The number of hydrogen-bond donors (Lipinski definition) is 0. The molecule has 2 rings (SSSR count). The quantitative estimate of drug-likeness (QED) is 0.487. The summed E-state index contributed by atoms with van der Waals surface area (Å²) in [5.74, 6) is 0. The van der Waals surface area contributed by atoms with E-state index in [4.69, 9.17) is 0 Å². The van der Waals surface area contributed by atoms with Gasteiger partial charge < -0.3 is 4.90 Å². The van der Waals surface area contributed by atoms with Gasteiger partial charge in [0.15, 0.2) is 0 Å². The summed E-state index contributed by atoms with van der Waals surface area (Å²) in [6.07, 6.45) is 8.13. The van der Waals surface area contributed by atoms with E-state index in [2.05, 4.69) is 119 Å². The Morgan fingerprint density at radius 1 is 0.852 bits per heavy atom. The van der Waals surface area contributed by atoms with Crippen LogP contribution in [0.15, 0.2) is 91.2 Å². The van der Waals surface area contributed by atoms with E-state index >= 15 is 0 Å². The molecule has 0 aliphatic heterocycles. The van der Waals surface area contributed by atoms with Crippen molar-refractivity contribution in [3.8, 4) is 0 Å². The van der Waals surface area contributed by atoms with E-state index in [0.717, 1.165) is 11.4 Å². The molecule has 0 aliphatic rings. The van der Waals surface area contributed by atoms with Crippen LogP contribution in [0.5, 0.6) is 0 Å². The predicted octanol–water partition coefficient (Wildman–Crippen LogP) is 7.37. The molecule has 27 heavy (non-hydrogen) atoms. The third-order valence-corrected chi connectivity index (χ3v) is 4.92. The molecule has 0 spiro atoms. The van der Waals surface area contributed by atoms with Crippen molar-refractivity contribution in [2.24, 2.45) is 0 Å². The van der Waals surface area contributed by atoms with Crippen LogP contribution in [0.25, 0.3) is 0 Å². The van der Waals surface area contributed by atoms with Gasteiger partial charge in [0.2, 0.25) is 0 Å². The van der Waals surface area contributed by atoms with Crippen LogP contribution in [0.2, 0.25) is 0 Å². The van der Waals surface area contributed by atoms with Gasteiger partial charge in [0.1, 0.15) is 0 Å². The second-order valence-corrected chi connectivity index (χ2v) is 8.38. The smallest absolute Gasteiger partial charge is 0.0646 e. The number of rotatable bonds is 6. The van der Waals surface area contributed by atoms with Crippen LogP contribution < -0.4 is 4.90 Å².